The van der Waals surface area contributed by atoms with Crippen molar-refractivity contribution in [2.24, 2.45) is 17.3 Å². The minimum absolute atomic E-state index is 0.289. The second-order valence-electron chi connectivity index (χ2n) is 7.36. The van der Waals surface area contributed by atoms with E-state index >= 15 is 0 Å². The van der Waals surface area contributed by atoms with Gasteiger partial charge in [-0.2, -0.15) is 5.26 Å². The quantitative estimate of drug-likeness (QED) is 0.660. The van der Waals surface area contributed by atoms with Crippen LogP contribution in [0.3, 0.4) is 0 Å². The van der Waals surface area contributed by atoms with Gasteiger partial charge in [0.25, 0.3) is 0 Å². The minimum atomic E-state index is -0.390. The zero-order valence-corrected chi connectivity index (χ0v) is 14.5. The van der Waals surface area contributed by atoms with Gasteiger partial charge in [-0.15, -0.1) is 0 Å². The average Bonchev–Trinajstić information content (AvgIpc) is 2.59. The summed E-state index contributed by atoms with van der Waals surface area (Å²) >= 11 is 0. The van der Waals surface area contributed by atoms with Crippen molar-refractivity contribution in [2.75, 3.05) is 13.2 Å². The molecule has 1 heterocycles. The molecule has 2 aliphatic rings. The van der Waals surface area contributed by atoms with E-state index in [1.54, 1.807) is 0 Å². The molecule has 0 aromatic heterocycles. The lowest BCUT2D eigenvalue weighted by atomic mass is 9.69. The molecule has 0 radical (unpaired) electrons. The van der Waals surface area contributed by atoms with Gasteiger partial charge in [-0.1, -0.05) is 46.0 Å². The van der Waals surface area contributed by atoms with E-state index in [-0.39, 0.29) is 6.29 Å². The van der Waals surface area contributed by atoms with Gasteiger partial charge in [0.05, 0.1) is 19.3 Å². The van der Waals surface area contributed by atoms with Crippen LogP contribution >= 0.6 is 0 Å². The number of ether oxygens (including phenoxy) is 2. The Balaban J connectivity index is 1.82. The number of nitrogens with zero attached hydrogens (tertiary/aromatic N) is 1. The molecule has 0 atom stereocenters. The fraction of sp³-hybridized carbons (Fsp3) is 0.947. The monoisotopic (exact) mass is 307 g/mol. The predicted molar refractivity (Wildman–Crippen MR) is 88.2 cm³/mol. The van der Waals surface area contributed by atoms with Gasteiger partial charge in [-0.25, -0.2) is 0 Å². The van der Waals surface area contributed by atoms with E-state index < -0.39 is 5.41 Å². The lowest BCUT2D eigenvalue weighted by molar-refractivity contribution is -0.247. The van der Waals surface area contributed by atoms with E-state index in [1.165, 1.54) is 38.5 Å². The zero-order valence-electron chi connectivity index (χ0n) is 14.5. The maximum atomic E-state index is 9.75. The summed E-state index contributed by atoms with van der Waals surface area (Å²) in [6.45, 7) is 6.01. The molecule has 0 bridgehead atoms. The SMILES string of the molecule is CCCCC1COC([C@]2(C#N)CC[C@@H](CCCC)CC2)OC1. The third-order valence-corrected chi connectivity index (χ3v) is 5.57. The number of hydrogen-bond acceptors (Lipinski definition) is 3. The van der Waals surface area contributed by atoms with Gasteiger partial charge < -0.3 is 9.47 Å². The van der Waals surface area contributed by atoms with Crippen molar-refractivity contribution in [3.8, 4) is 6.07 Å². The smallest absolute Gasteiger partial charge is 0.176 e. The van der Waals surface area contributed by atoms with Crippen LogP contribution in [0.15, 0.2) is 0 Å². The van der Waals surface area contributed by atoms with Crippen LogP contribution in [0.1, 0.15) is 78.1 Å². The van der Waals surface area contributed by atoms with Crippen molar-refractivity contribution in [3.63, 3.8) is 0 Å². The van der Waals surface area contributed by atoms with Crippen molar-refractivity contribution in [1.82, 2.24) is 0 Å². The van der Waals surface area contributed by atoms with Gasteiger partial charge in [0.2, 0.25) is 0 Å². The second kappa shape index (κ2) is 8.89. The Morgan fingerprint density at radius 2 is 1.50 bits per heavy atom. The first kappa shape index (κ1) is 17.8. The first-order valence-electron chi connectivity index (χ1n) is 9.38. The highest BCUT2D eigenvalue weighted by atomic mass is 16.7. The van der Waals surface area contributed by atoms with Gasteiger partial charge in [-0.3, -0.25) is 0 Å². The van der Waals surface area contributed by atoms with Crippen LogP contribution in [-0.4, -0.2) is 19.5 Å². The van der Waals surface area contributed by atoms with Crippen molar-refractivity contribution in [1.29, 1.82) is 5.26 Å². The van der Waals surface area contributed by atoms with Crippen LogP contribution in [0.2, 0.25) is 0 Å². The summed E-state index contributed by atoms with van der Waals surface area (Å²) in [6, 6.07) is 2.57. The predicted octanol–water partition coefficient (Wildman–Crippen LogP) is 5.06. The van der Waals surface area contributed by atoms with Crippen LogP contribution in [0.5, 0.6) is 0 Å². The van der Waals surface area contributed by atoms with Gasteiger partial charge >= 0.3 is 0 Å². The number of nitriles is 1. The molecule has 0 spiro atoms. The van der Waals surface area contributed by atoms with Crippen LogP contribution in [0.4, 0.5) is 0 Å². The lowest BCUT2D eigenvalue weighted by Gasteiger charge is -2.42. The Morgan fingerprint density at radius 3 is 2.00 bits per heavy atom. The molecule has 2 fully saturated rings. The average molecular weight is 307 g/mol. The first-order valence-corrected chi connectivity index (χ1v) is 9.38. The Kier molecular flexibility index (Phi) is 7.18. The number of rotatable bonds is 7. The molecule has 126 valence electrons. The molecule has 0 unspecified atom stereocenters. The molecule has 1 aliphatic carbocycles. The van der Waals surface area contributed by atoms with E-state index in [1.807, 2.05) is 0 Å². The van der Waals surface area contributed by atoms with Crippen molar-refractivity contribution >= 4 is 0 Å². The molecular formula is C19H33NO2. The van der Waals surface area contributed by atoms with Crippen molar-refractivity contribution in [3.05, 3.63) is 0 Å². The molecule has 0 aromatic carbocycles. The van der Waals surface area contributed by atoms with Crippen molar-refractivity contribution < 1.29 is 9.47 Å². The summed E-state index contributed by atoms with van der Waals surface area (Å²) < 4.78 is 12.0. The molecule has 0 aromatic rings. The highest BCUT2D eigenvalue weighted by Crippen LogP contribution is 2.45. The van der Waals surface area contributed by atoms with Crippen LogP contribution < -0.4 is 0 Å². The van der Waals surface area contributed by atoms with Crippen LogP contribution in [0, 0.1) is 28.6 Å². The first-order chi connectivity index (χ1) is 10.7. The Bertz CT molecular complexity index is 347. The van der Waals surface area contributed by atoms with E-state index in [0.717, 1.165) is 44.8 Å². The van der Waals surface area contributed by atoms with E-state index in [2.05, 4.69) is 19.9 Å². The fourth-order valence-corrected chi connectivity index (χ4v) is 3.90. The van der Waals surface area contributed by atoms with E-state index in [9.17, 15) is 5.26 Å². The molecule has 22 heavy (non-hydrogen) atoms. The Morgan fingerprint density at radius 1 is 0.955 bits per heavy atom. The van der Waals surface area contributed by atoms with Crippen molar-refractivity contribution in [2.45, 2.75) is 84.3 Å². The fourth-order valence-electron chi connectivity index (χ4n) is 3.90. The molecular weight excluding hydrogens is 274 g/mol. The largest absolute Gasteiger partial charge is 0.351 e. The molecule has 1 aliphatic heterocycles. The topological polar surface area (TPSA) is 42.2 Å². The highest BCUT2D eigenvalue weighted by Gasteiger charge is 2.45. The third kappa shape index (κ3) is 4.46. The molecule has 3 nitrogen and oxygen atoms in total. The molecule has 1 saturated heterocycles. The summed E-state index contributed by atoms with van der Waals surface area (Å²) in [5.41, 5.74) is -0.390. The van der Waals surface area contributed by atoms with Crippen LogP contribution in [-0.2, 0) is 9.47 Å². The Hall–Kier alpha value is -0.590. The van der Waals surface area contributed by atoms with Gasteiger partial charge in [-0.05, 0) is 38.0 Å². The maximum absolute atomic E-state index is 9.75. The number of unbranched alkanes of at least 4 members (excludes halogenated alkanes) is 2. The Labute approximate surface area is 136 Å². The third-order valence-electron chi connectivity index (χ3n) is 5.57. The molecule has 1 saturated carbocycles. The summed E-state index contributed by atoms with van der Waals surface area (Å²) in [7, 11) is 0. The minimum Gasteiger partial charge on any atom is -0.351 e. The summed E-state index contributed by atoms with van der Waals surface area (Å²) in [6.07, 6.45) is 11.5. The summed E-state index contributed by atoms with van der Waals surface area (Å²) in [5, 5.41) is 9.75. The molecule has 3 heteroatoms. The lowest BCUT2D eigenvalue weighted by Crippen LogP contribution is -2.45. The standard InChI is InChI=1S/C19H33NO2/c1-3-5-7-16-9-11-19(15-20,12-10-16)18-21-13-17(14-22-18)8-6-4-2/h16-18H,3-14H2,1-2H3/t16-,17?,18?,19-. The highest BCUT2D eigenvalue weighted by molar-refractivity contribution is 5.04. The molecule has 2 rings (SSSR count). The van der Waals surface area contributed by atoms with Crippen LogP contribution in [0.25, 0.3) is 0 Å². The van der Waals surface area contributed by atoms with Gasteiger partial charge in [0.1, 0.15) is 5.41 Å². The molecule has 0 amide bonds. The summed E-state index contributed by atoms with van der Waals surface area (Å²) in [5.74, 6) is 1.33. The number of hydrogen-bond donors (Lipinski definition) is 0. The second-order valence-corrected chi connectivity index (χ2v) is 7.36. The normalized spacial score (nSPS) is 36.0. The van der Waals surface area contributed by atoms with E-state index in [0.29, 0.717) is 5.92 Å². The zero-order chi connectivity index (χ0) is 15.8. The van der Waals surface area contributed by atoms with Gasteiger partial charge in [0, 0.05) is 5.92 Å². The van der Waals surface area contributed by atoms with Gasteiger partial charge in [0.15, 0.2) is 6.29 Å². The summed E-state index contributed by atoms with van der Waals surface area (Å²) in [4.78, 5) is 0. The maximum Gasteiger partial charge on any atom is 0.176 e. The van der Waals surface area contributed by atoms with E-state index in [4.69, 9.17) is 9.47 Å². The molecule has 0 N–H and O–H groups in total.